The minimum Gasteiger partial charge on any atom is -0.493 e. The summed E-state index contributed by atoms with van der Waals surface area (Å²) in [5.74, 6) is 3.25. The number of methoxy groups -OCH3 is 4. The number of likely N-dealkylation sites (N-methyl/N-ethyl adjacent to an activating group) is 1. The summed E-state index contributed by atoms with van der Waals surface area (Å²) in [6.07, 6.45) is 0.895. The molecule has 0 saturated carbocycles. The number of piperazine rings is 1. The quantitative estimate of drug-likeness (QED) is 0.467. The number of amides is 1. The molecule has 2 aliphatic rings. The Kier molecular flexibility index (Phi) is 10.3. The molecule has 2 heterocycles. The van der Waals surface area contributed by atoms with Crippen LogP contribution in [0.15, 0.2) is 36.4 Å². The number of nitrogens with zero attached hydrogens (tertiary/aromatic N) is 3. The fraction of sp³-hybridized carbons (Fsp3) is 0.567. The Morgan fingerprint density at radius 1 is 0.795 bits per heavy atom. The predicted octanol–water partition coefficient (Wildman–Crippen LogP) is 2.72. The zero-order valence-corrected chi connectivity index (χ0v) is 24.1. The third-order valence-corrected chi connectivity index (χ3v) is 7.86. The zero-order chi connectivity index (χ0) is 27.8. The van der Waals surface area contributed by atoms with Crippen LogP contribution in [0.25, 0.3) is 0 Å². The molecular weight excluding hydrogens is 496 g/mol. The number of hydrogen-bond donors (Lipinski definition) is 1. The van der Waals surface area contributed by atoms with E-state index < -0.39 is 0 Å². The van der Waals surface area contributed by atoms with Crippen molar-refractivity contribution < 1.29 is 23.7 Å². The monoisotopic (exact) mass is 540 g/mol. The second-order valence-corrected chi connectivity index (χ2v) is 10.7. The highest BCUT2D eigenvalue weighted by atomic mass is 16.5. The van der Waals surface area contributed by atoms with Crippen molar-refractivity contribution in [3.63, 3.8) is 0 Å². The van der Waals surface area contributed by atoms with Crippen LogP contribution in [0, 0.1) is 11.8 Å². The van der Waals surface area contributed by atoms with E-state index in [1.54, 1.807) is 28.4 Å². The van der Waals surface area contributed by atoms with Gasteiger partial charge in [0.05, 0.1) is 34.4 Å². The summed E-state index contributed by atoms with van der Waals surface area (Å²) >= 11 is 0. The summed E-state index contributed by atoms with van der Waals surface area (Å²) in [4.78, 5) is 20.8. The van der Waals surface area contributed by atoms with E-state index in [1.165, 1.54) is 0 Å². The van der Waals surface area contributed by atoms with E-state index in [4.69, 9.17) is 18.9 Å². The maximum Gasteiger partial charge on any atom is 0.224 e. The molecule has 0 spiro atoms. The lowest BCUT2D eigenvalue weighted by Gasteiger charge is -2.41. The van der Waals surface area contributed by atoms with Crippen molar-refractivity contribution in [1.82, 2.24) is 20.0 Å². The highest BCUT2D eigenvalue weighted by Crippen LogP contribution is 2.31. The van der Waals surface area contributed by atoms with E-state index in [2.05, 4.69) is 33.1 Å². The van der Waals surface area contributed by atoms with Crippen LogP contribution in [0.3, 0.4) is 0 Å². The van der Waals surface area contributed by atoms with E-state index in [-0.39, 0.29) is 11.8 Å². The Morgan fingerprint density at radius 2 is 1.38 bits per heavy atom. The maximum atomic E-state index is 13.5. The first-order valence-electron chi connectivity index (χ1n) is 13.7. The van der Waals surface area contributed by atoms with E-state index in [0.717, 1.165) is 81.4 Å². The van der Waals surface area contributed by atoms with E-state index >= 15 is 0 Å². The molecular formula is C30H44N4O5. The molecule has 2 atom stereocenters. The summed E-state index contributed by atoms with van der Waals surface area (Å²) in [5, 5.41) is 3.19. The maximum absolute atomic E-state index is 13.5. The summed E-state index contributed by atoms with van der Waals surface area (Å²) < 4.78 is 21.7. The molecule has 2 aromatic rings. The molecule has 2 fully saturated rings. The van der Waals surface area contributed by atoms with Crippen LogP contribution in [0.5, 0.6) is 23.0 Å². The van der Waals surface area contributed by atoms with Crippen molar-refractivity contribution in [2.24, 2.45) is 11.8 Å². The smallest absolute Gasteiger partial charge is 0.224 e. The first kappa shape index (κ1) is 29.0. The molecule has 1 N–H and O–H groups in total. The van der Waals surface area contributed by atoms with Gasteiger partial charge < -0.3 is 34.1 Å². The molecule has 2 saturated heterocycles. The van der Waals surface area contributed by atoms with Gasteiger partial charge in [0.1, 0.15) is 0 Å². The fourth-order valence-electron chi connectivity index (χ4n) is 5.71. The Labute approximate surface area is 232 Å². The van der Waals surface area contributed by atoms with Crippen molar-refractivity contribution in [3.05, 3.63) is 47.5 Å². The highest BCUT2D eigenvalue weighted by Gasteiger charge is 2.33. The molecule has 0 bridgehead atoms. The largest absolute Gasteiger partial charge is 0.493 e. The number of carbonyl (C=O) groups is 1. The van der Waals surface area contributed by atoms with Gasteiger partial charge in [-0.05, 0) is 54.8 Å². The Hall–Kier alpha value is -3.01. The average molecular weight is 541 g/mol. The molecule has 2 aliphatic heterocycles. The molecule has 39 heavy (non-hydrogen) atoms. The van der Waals surface area contributed by atoms with Crippen molar-refractivity contribution in [2.45, 2.75) is 19.5 Å². The van der Waals surface area contributed by atoms with Crippen LogP contribution in [-0.2, 0) is 17.9 Å². The van der Waals surface area contributed by atoms with Gasteiger partial charge in [-0.1, -0.05) is 12.1 Å². The molecule has 214 valence electrons. The normalized spacial score (nSPS) is 20.8. The second-order valence-electron chi connectivity index (χ2n) is 10.7. The third-order valence-electron chi connectivity index (χ3n) is 7.86. The number of hydrogen-bond acceptors (Lipinski definition) is 8. The summed E-state index contributed by atoms with van der Waals surface area (Å²) in [6.45, 7) is 8.29. The minimum absolute atomic E-state index is 0.0727. The fourth-order valence-corrected chi connectivity index (χ4v) is 5.71. The Bertz CT molecular complexity index is 1090. The van der Waals surface area contributed by atoms with Gasteiger partial charge >= 0.3 is 0 Å². The van der Waals surface area contributed by atoms with Crippen LogP contribution in [0.4, 0.5) is 0 Å². The first-order valence-corrected chi connectivity index (χ1v) is 13.7. The van der Waals surface area contributed by atoms with Gasteiger partial charge in [0, 0.05) is 58.9 Å². The average Bonchev–Trinajstić information content (AvgIpc) is 2.96. The van der Waals surface area contributed by atoms with E-state index in [0.29, 0.717) is 24.0 Å². The molecule has 4 rings (SSSR count). The lowest BCUT2D eigenvalue weighted by atomic mass is 9.87. The molecule has 0 aliphatic carbocycles. The highest BCUT2D eigenvalue weighted by molar-refractivity contribution is 5.79. The van der Waals surface area contributed by atoms with Gasteiger partial charge in [-0.15, -0.1) is 0 Å². The number of benzene rings is 2. The van der Waals surface area contributed by atoms with Gasteiger partial charge in [0.15, 0.2) is 23.0 Å². The second kappa shape index (κ2) is 13.9. The van der Waals surface area contributed by atoms with Gasteiger partial charge in [-0.2, -0.15) is 0 Å². The molecule has 0 aromatic heterocycles. The van der Waals surface area contributed by atoms with Crippen molar-refractivity contribution in [3.8, 4) is 23.0 Å². The van der Waals surface area contributed by atoms with Crippen LogP contribution >= 0.6 is 0 Å². The van der Waals surface area contributed by atoms with E-state index in [9.17, 15) is 4.79 Å². The van der Waals surface area contributed by atoms with Gasteiger partial charge in [0.2, 0.25) is 5.91 Å². The Balaban J connectivity index is 1.44. The van der Waals surface area contributed by atoms with Gasteiger partial charge in [-0.3, -0.25) is 9.69 Å². The van der Waals surface area contributed by atoms with Crippen LogP contribution in [0.2, 0.25) is 0 Å². The number of likely N-dealkylation sites (tertiary alicyclic amines) is 1. The lowest BCUT2D eigenvalue weighted by Crippen LogP contribution is -2.51. The number of nitrogens with one attached hydrogen (secondary N) is 1. The third kappa shape index (κ3) is 7.77. The molecule has 9 nitrogen and oxygen atoms in total. The van der Waals surface area contributed by atoms with Crippen molar-refractivity contribution >= 4 is 5.91 Å². The van der Waals surface area contributed by atoms with Gasteiger partial charge in [0.25, 0.3) is 0 Å². The summed E-state index contributed by atoms with van der Waals surface area (Å²) in [7, 11) is 8.73. The molecule has 2 aromatic carbocycles. The summed E-state index contributed by atoms with van der Waals surface area (Å²) in [5.41, 5.74) is 2.13. The number of rotatable bonds is 11. The zero-order valence-electron chi connectivity index (χ0n) is 24.1. The van der Waals surface area contributed by atoms with E-state index in [1.807, 2.05) is 30.3 Å². The molecule has 9 heteroatoms. The minimum atomic E-state index is -0.0727. The summed E-state index contributed by atoms with van der Waals surface area (Å²) in [6, 6.07) is 11.8. The predicted molar refractivity (Wildman–Crippen MR) is 152 cm³/mol. The topological polar surface area (TPSA) is 75.7 Å². The number of carbonyl (C=O) groups excluding carboxylic acids is 1. The standard InChI is InChI=1S/C30H44N4O5/c1-32-10-12-33(13-11-32)19-24-14-25(30(35)31-17-22-6-8-26(36-2)28(15-22)38-4)21-34(20-24)18-23-7-9-27(37-3)29(16-23)39-5/h6-9,15-16,24-25H,10-14,17-21H2,1-5H3,(H,31,35)/t24-,25-/m1/s1. The molecule has 0 radical (unpaired) electrons. The van der Waals surface area contributed by atoms with Crippen molar-refractivity contribution in [1.29, 1.82) is 0 Å². The van der Waals surface area contributed by atoms with Crippen LogP contribution in [0.1, 0.15) is 17.5 Å². The molecule has 1 amide bonds. The lowest BCUT2D eigenvalue weighted by molar-refractivity contribution is -0.128. The van der Waals surface area contributed by atoms with Gasteiger partial charge in [-0.25, -0.2) is 0 Å². The number of piperidine rings is 1. The number of ether oxygens (including phenoxy) is 4. The van der Waals surface area contributed by atoms with Crippen molar-refractivity contribution in [2.75, 3.05) is 81.3 Å². The van der Waals surface area contributed by atoms with Crippen LogP contribution < -0.4 is 24.3 Å². The van der Waals surface area contributed by atoms with Crippen LogP contribution in [-0.4, -0.2) is 102 Å². The SMILES string of the molecule is COc1ccc(CNC(=O)[C@@H]2C[C@H](CN3CCN(C)CC3)CN(Cc3ccc(OC)c(OC)c3)C2)cc1OC. The first-order chi connectivity index (χ1) is 18.9. The molecule has 0 unspecified atom stereocenters. The Morgan fingerprint density at radius 3 is 2.00 bits per heavy atom.